The highest BCUT2D eigenvalue weighted by atomic mass is 35.6. The van der Waals surface area contributed by atoms with Gasteiger partial charge in [0.25, 0.3) is 0 Å². The normalized spacial score (nSPS) is 12.5. The second kappa shape index (κ2) is 6.36. The Bertz CT molecular complexity index is 309. The van der Waals surface area contributed by atoms with Crippen molar-refractivity contribution < 1.29 is 0 Å². The molecule has 5 heteroatoms. The Morgan fingerprint density at radius 1 is 1.20 bits per heavy atom. The van der Waals surface area contributed by atoms with Crippen LogP contribution in [0.4, 0.5) is 0 Å². The third-order valence-corrected chi connectivity index (χ3v) is 4.67. The first-order chi connectivity index (χ1) is 7.01. The average Bonchev–Trinajstić information content (AvgIpc) is 2.16. The lowest BCUT2D eigenvalue weighted by atomic mass is 10.2. The molecular weight excluding hydrogens is 290 g/mol. The number of benzene rings is 1. The summed E-state index contributed by atoms with van der Waals surface area (Å²) in [6.07, 6.45) is 0.634. The Hall–Kier alpha value is 0.597. The fourth-order valence-electron chi connectivity index (χ4n) is 1.36. The minimum atomic E-state index is -1.10. The van der Waals surface area contributed by atoms with E-state index in [4.69, 9.17) is 46.4 Å². The van der Waals surface area contributed by atoms with Crippen LogP contribution in [0.1, 0.15) is 12.0 Å². The minimum absolute atomic E-state index is 0.334. The van der Waals surface area contributed by atoms with Crippen molar-refractivity contribution in [2.24, 2.45) is 0 Å². The quantitative estimate of drug-likeness (QED) is 0.591. The van der Waals surface area contributed by atoms with E-state index in [2.05, 4.69) is 12.1 Å². The van der Waals surface area contributed by atoms with Crippen molar-refractivity contribution in [1.82, 2.24) is 0 Å². The molecule has 15 heavy (non-hydrogen) atoms. The summed E-state index contributed by atoms with van der Waals surface area (Å²) in [7, 11) is -0.334. The molecule has 0 heterocycles. The van der Waals surface area contributed by atoms with Crippen molar-refractivity contribution in [3.8, 4) is 0 Å². The first-order valence-corrected chi connectivity index (χ1v) is 8.09. The Balaban J connectivity index is 2.44. The molecule has 0 aliphatic rings. The van der Waals surface area contributed by atoms with E-state index in [-0.39, 0.29) is 9.52 Å². The molecule has 84 valence electrons. The van der Waals surface area contributed by atoms with Gasteiger partial charge in [0.15, 0.2) is 3.79 Å². The molecule has 0 aromatic heterocycles. The van der Waals surface area contributed by atoms with Crippen LogP contribution in [0.15, 0.2) is 24.3 Å². The van der Waals surface area contributed by atoms with E-state index in [0.717, 1.165) is 11.6 Å². The predicted molar refractivity (Wildman–Crippen MR) is 73.9 cm³/mol. The predicted octanol–water partition coefficient (Wildman–Crippen LogP) is 3.40. The van der Waals surface area contributed by atoms with Gasteiger partial charge >= 0.3 is 0 Å². The average molecular weight is 302 g/mol. The molecule has 0 N–H and O–H groups in total. The zero-order valence-corrected chi connectivity index (χ0v) is 12.6. The smallest absolute Gasteiger partial charge is 0.122 e. The molecule has 0 spiro atoms. The van der Waals surface area contributed by atoms with E-state index in [1.165, 1.54) is 5.19 Å². The molecule has 0 nitrogen and oxygen atoms in total. The van der Waals surface area contributed by atoms with Crippen LogP contribution in [0.25, 0.3) is 0 Å². The zero-order valence-electron chi connectivity index (χ0n) is 8.15. The van der Waals surface area contributed by atoms with Crippen LogP contribution in [0.3, 0.4) is 0 Å². The summed E-state index contributed by atoms with van der Waals surface area (Å²) in [5.41, 5.74) is 1.16. The summed E-state index contributed by atoms with van der Waals surface area (Å²) in [4.78, 5) is 0. The first-order valence-electron chi connectivity index (χ1n) is 4.72. The molecule has 0 unspecified atom stereocenters. The number of hydrogen-bond acceptors (Lipinski definition) is 0. The van der Waals surface area contributed by atoms with Gasteiger partial charge < -0.3 is 0 Å². The monoisotopic (exact) mass is 300 g/mol. The van der Waals surface area contributed by atoms with Crippen LogP contribution >= 0.6 is 46.4 Å². The Morgan fingerprint density at radius 3 is 2.53 bits per heavy atom. The van der Waals surface area contributed by atoms with Crippen LogP contribution in [-0.4, -0.2) is 13.3 Å². The van der Waals surface area contributed by atoms with Crippen molar-refractivity contribution in [3.63, 3.8) is 0 Å². The topological polar surface area (TPSA) is 0 Å². The molecule has 1 aromatic carbocycles. The summed E-state index contributed by atoms with van der Waals surface area (Å²) >= 11 is 22.8. The summed E-state index contributed by atoms with van der Waals surface area (Å²) < 4.78 is -1.10. The second-order valence-corrected chi connectivity index (χ2v) is 8.23. The molecule has 0 atom stereocenters. The van der Waals surface area contributed by atoms with Gasteiger partial charge in [-0.1, -0.05) is 70.3 Å². The number of hydrogen-bond donors (Lipinski definition) is 0. The van der Waals surface area contributed by atoms with Gasteiger partial charge in [0, 0.05) is 5.88 Å². The third kappa shape index (κ3) is 6.03. The van der Waals surface area contributed by atoms with Crippen molar-refractivity contribution >= 4 is 61.1 Å². The van der Waals surface area contributed by atoms with E-state index >= 15 is 0 Å². The minimum Gasteiger partial charge on any atom is -0.122 e. The Kier molecular flexibility index (Phi) is 5.79. The van der Waals surface area contributed by atoms with Crippen molar-refractivity contribution in [3.05, 3.63) is 29.8 Å². The lowest BCUT2D eigenvalue weighted by Gasteiger charge is -2.09. The number of halogens is 4. The Morgan fingerprint density at radius 2 is 1.93 bits per heavy atom. The highest BCUT2D eigenvalue weighted by Gasteiger charge is 2.18. The van der Waals surface area contributed by atoms with Crippen molar-refractivity contribution in [1.29, 1.82) is 0 Å². The van der Waals surface area contributed by atoms with Crippen LogP contribution in [0.5, 0.6) is 0 Å². The van der Waals surface area contributed by atoms with E-state index in [0.29, 0.717) is 12.3 Å². The van der Waals surface area contributed by atoms with Crippen LogP contribution in [-0.2, 0) is 5.88 Å². The molecule has 0 aliphatic carbocycles. The highest BCUT2D eigenvalue weighted by molar-refractivity contribution is 6.68. The summed E-state index contributed by atoms with van der Waals surface area (Å²) in [5.74, 6) is 0.562. The molecule has 0 saturated carbocycles. The van der Waals surface area contributed by atoms with Gasteiger partial charge in [-0.3, -0.25) is 0 Å². The summed E-state index contributed by atoms with van der Waals surface area (Å²) in [6, 6.07) is 9.34. The Labute approximate surface area is 113 Å². The van der Waals surface area contributed by atoms with E-state index in [1.54, 1.807) is 0 Å². The summed E-state index contributed by atoms with van der Waals surface area (Å²) in [5, 5.41) is 1.38. The fraction of sp³-hybridized carbons (Fsp3) is 0.400. The SMILES string of the molecule is ClCc1cccc([SiH2]CCC(Cl)(Cl)Cl)c1. The van der Waals surface area contributed by atoms with Gasteiger partial charge in [-0.2, -0.15) is 0 Å². The van der Waals surface area contributed by atoms with Crippen LogP contribution in [0.2, 0.25) is 6.04 Å². The van der Waals surface area contributed by atoms with Gasteiger partial charge in [-0.15, -0.1) is 11.6 Å². The van der Waals surface area contributed by atoms with Gasteiger partial charge in [-0.05, 0) is 12.0 Å². The van der Waals surface area contributed by atoms with Gasteiger partial charge in [0.1, 0.15) is 0 Å². The zero-order chi connectivity index (χ0) is 11.3. The molecule has 1 rings (SSSR count). The fourth-order valence-corrected chi connectivity index (χ4v) is 4.43. The molecule has 1 aromatic rings. The lowest BCUT2D eigenvalue weighted by Crippen LogP contribution is -2.16. The molecule has 0 radical (unpaired) electrons. The van der Waals surface area contributed by atoms with Crippen molar-refractivity contribution in [2.75, 3.05) is 0 Å². The lowest BCUT2D eigenvalue weighted by molar-refractivity contribution is 0.967. The third-order valence-electron chi connectivity index (χ3n) is 2.07. The van der Waals surface area contributed by atoms with E-state index < -0.39 is 3.79 Å². The summed E-state index contributed by atoms with van der Waals surface area (Å²) in [6.45, 7) is 0. The number of alkyl halides is 4. The highest BCUT2D eigenvalue weighted by Crippen LogP contribution is 2.31. The van der Waals surface area contributed by atoms with Gasteiger partial charge in [-0.25, -0.2) is 0 Å². The maximum Gasteiger partial charge on any atom is 0.190 e. The van der Waals surface area contributed by atoms with Crippen LogP contribution < -0.4 is 5.19 Å². The largest absolute Gasteiger partial charge is 0.190 e. The van der Waals surface area contributed by atoms with E-state index in [9.17, 15) is 0 Å². The van der Waals surface area contributed by atoms with Crippen molar-refractivity contribution in [2.45, 2.75) is 22.1 Å². The molecule has 0 amide bonds. The van der Waals surface area contributed by atoms with Crippen LogP contribution in [0, 0.1) is 0 Å². The first kappa shape index (κ1) is 13.7. The standard InChI is InChI=1S/C10H12Cl4Si/c11-7-8-2-1-3-9(6-8)15-5-4-10(12,13)14/h1-3,6H,4-5,7,15H2. The second-order valence-electron chi connectivity index (χ2n) is 3.42. The maximum absolute atomic E-state index is 5.76. The molecule has 0 fully saturated rings. The molecular formula is C10H12Cl4Si. The molecule has 0 aliphatic heterocycles. The molecule has 0 saturated heterocycles. The molecule has 0 bridgehead atoms. The van der Waals surface area contributed by atoms with E-state index in [1.807, 2.05) is 12.1 Å². The van der Waals surface area contributed by atoms with Gasteiger partial charge in [0.05, 0.1) is 9.52 Å². The number of rotatable bonds is 4. The maximum atomic E-state index is 5.76. The van der Waals surface area contributed by atoms with Gasteiger partial charge in [0.2, 0.25) is 0 Å².